The molecule has 1 fully saturated rings. The van der Waals surface area contributed by atoms with Crippen molar-refractivity contribution in [1.82, 2.24) is 15.1 Å². The number of halogens is 1. The summed E-state index contributed by atoms with van der Waals surface area (Å²) in [6, 6.07) is 13.5. The first kappa shape index (κ1) is 21.9. The van der Waals surface area contributed by atoms with Crippen LogP contribution in [0.25, 0.3) is 0 Å². The van der Waals surface area contributed by atoms with Crippen LogP contribution in [0, 0.1) is 5.82 Å². The molecule has 1 aliphatic heterocycles. The van der Waals surface area contributed by atoms with Gasteiger partial charge in [0.2, 0.25) is 11.8 Å². The SMILES string of the molecule is CC[C@]1(c2ccccc2)NC(=O)N(CC(=O)N(C)CC(=O)Nc2cccc(F)c2)C1=O. The Labute approximate surface area is 179 Å². The molecule has 1 aliphatic rings. The van der Waals surface area contributed by atoms with Crippen molar-refractivity contribution in [3.8, 4) is 0 Å². The van der Waals surface area contributed by atoms with Crippen molar-refractivity contribution in [3.63, 3.8) is 0 Å². The maximum atomic E-state index is 13.2. The third-order valence-electron chi connectivity index (χ3n) is 5.18. The van der Waals surface area contributed by atoms with Gasteiger partial charge in [0.1, 0.15) is 17.9 Å². The molecule has 2 aromatic rings. The second kappa shape index (κ2) is 8.95. The van der Waals surface area contributed by atoms with Gasteiger partial charge in [0.05, 0.1) is 6.54 Å². The Hall–Kier alpha value is -3.75. The average Bonchev–Trinajstić information content (AvgIpc) is 2.99. The minimum Gasteiger partial charge on any atom is -0.335 e. The maximum absolute atomic E-state index is 13.2. The van der Waals surface area contributed by atoms with Crippen molar-refractivity contribution in [1.29, 1.82) is 0 Å². The summed E-state index contributed by atoms with van der Waals surface area (Å²) in [5, 5.41) is 5.20. The highest BCUT2D eigenvalue weighted by molar-refractivity contribution is 6.09. The van der Waals surface area contributed by atoms with Crippen molar-refractivity contribution in [2.45, 2.75) is 18.9 Å². The van der Waals surface area contributed by atoms with Gasteiger partial charge >= 0.3 is 6.03 Å². The zero-order valence-corrected chi connectivity index (χ0v) is 17.2. The van der Waals surface area contributed by atoms with Crippen LogP contribution in [-0.2, 0) is 19.9 Å². The van der Waals surface area contributed by atoms with Crippen LogP contribution in [0.2, 0.25) is 0 Å². The van der Waals surface area contributed by atoms with Crippen LogP contribution in [0.5, 0.6) is 0 Å². The summed E-state index contributed by atoms with van der Waals surface area (Å²) >= 11 is 0. The van der Waals surface area contributed by atoms with E-state index >= 15 is 0 Å². The molecule has 2 aromatic carbocycles. The molecule has 0 unspecified atom stereocenters. The van der Waals surface area contributed by atoms with E-state index in [-0.39, 0.29) is 12.2 Å². The Balaban J connectivity index is 1.64. The molecule has 0 spiro atoms. The molecule has 1 atom stereocenters. The normalized spacial score (nSPS) is 18.0. The molecule has 3 rings (SSSR count). The fraction of sp³-hybridized carbons (Fsp3) is 0.273. The van der Waals surface area contributed by atoms with E-state index in [4.69, 9.17) is 0 Å². The summed E-state index contributed by atoms with van der Waals surface area (Å²) in [6.07, 6.45) is 0.318. The fourth-order valence-corrected chi connectivity index (χ4v) is 3.46. The number of hydrogen-bond acceptors (Lipinski definition) is 4. The van der Waals surface area contributed by atoms with Crippen LogP contribution < -0.4 is 10.6 Å². The molecule has 9 heteroatoms. The molecule has 1 saturated heterocycles. The first-order chi connectivity index (χ1) is 14.8. The highest BCUT2D eigenvalue weighted by Crippen LogP contribution is 2.32. The highest BCUT2D eigenvalue weighted by atomic mass is 19.1. The summed E-state index contributed by atoms with van der Waals surface area (Å²) in [4.78, 5) is 52.3. The van der Waals surface area contributed by atoms with Crippen molar-refractivity contribution in [2.75, 3.05) is 25.5 Å². The third kappa shape index (κ3) is 4.55. The Kier molecular flexibility index (Phi) is 6.33. The van der Waals surface area contributed by atoms with Gasteiger partial charge in [0, 0.05) is 12.7 Å². The van der Waals surface area contributed by atoms with E-state index in [1.807, 2.05) is 0 Å². The number of benzene rings is 2. The van der Waals surface area contributed by atoms with Crippen molar-refractivity contribution < 1.29 is 23.6 Å². The van der Waals surface area contributed by atoms with Gasteiger partial charge in [0.15, 0.2) is 0 Å². The molecular weight excluding hydrogens is 403 g/mol. The zero-order valence-electron chi connectivity index (χ0n) is 17.2. The molecule has 5 amide bonds. The summed E-state index contributed by atoms with van der Waals surface area (Å²) < 4.78 is 13.2. The van der Waals surface area contributed by atoms with E-state index in [2.05, 4.69) is 10.6 Å². The van der Waals surface area contributed by atoms with E-state index in [0.717, 1.165) is 15.9 Å². The molecule has 0 saturated carbocycles. The van der Waals surface area contributed by atoms with Crippen LogP contribution in [0.15, 0.2) is 54.6 Å². The van der Waals surface area contributed by atoms with Crippen LogP contribution in [0.4, 0.5) is 14.9 Å². The standard InChI is InChI=1S/C22H23FN4O4/c1-3-22(15-8-5-4-6-9-15)20(30)27(21(31)25-22)14-19(29)26(2)13-18(28)24-17-11-7-10-16(23)12-17/h4-12H,3,13-14H2,1-2H3,(H,24,28)(H,25,31)/t22-/m1/s1. The second-order valence-electron chi connectivity index (χ2n) is 7.25. The van der Waals surface area contributed by atoms with Gasteiger partial charge in [-0.1, -0.05) is 43.3 Å². The van der Waals surface area contributed by atoms with Crippen LogP contribution in [0.3, 0.4) is 0 Å². The number of rotatable bonds is 7. The second-order valence-corrected chi connectivity index (χ2v) is 7.25. The number of nitrogens with one attached hydrogen (secondary N) is 2. The summed E-state index contributed by atoms with van der Waals surface area (Å²) in [5.41, 5.74) is -0.337. The number of carbonyl (C=O) groups excluding carboxylic acids is 4. The maximum Gasteiger partial charge on any atom is 0.325 e. The van der Waals surface area contributed by atoms with Gasteiger partial charge in [-0.25, -0.2) is 9.18 Å². The molecule has 0 radical (unpaired) electrons. The Morgan fingerprint density at radius 1 is 1.13 bits per heavy atom. The minimum atomic E-state index is -1.23. The number of anilines is 1. The number of likely N-dealkylation sites (N-methyl/N-ethyl adjacent to an activating group) is 1. The lowest BCUT2D eigenvalue weighted by Crippen LogP contribution is -2.46. The predicted octanol–water partition coefficient (Wildman–Crippen LogP) is 2.08. The molecular formula is C22H23FN4O4. The van der Waals surface area contributed by atoms with Gasteiger partial charge < -0.3 is 15.5 Å². The van der Waals surface area contributed by atoms with Crippen LogP contribution >= 0.6 is 0 Å². The van der Waals surface area contributed by atoms with Gasteiger partial charge in [-0.3, -0.25) is 19.3 Å². The molecule has 0 aliphatic carbocycles. The lowest BCUT2D eigenvalue weighted by Gasteiger charge is -2.26. The number of hydrogen-bond donors (Lipinski definition) is 2. The molecule has 1 heterocycles. The molecule has 0 aromatic heterocycles. The van der Waals surface area contributed by atoms with Gasteiger partial charge in [0.25, 0.3) is 5.91 Å². The van der Waals surface area contributed by atoms with Crippen molar-refractivity contribution in [2.24, 2.45) is 0 Å². The summed E-state index contributed by atoms with van der Waals surface area (Å²) in [5.74, 6) is -2.14. The Morgan fingerprint density at radius 2 is 1.84 bits per heavy atom. The fourth-order valence-electron chi connectivity index (χ4n) is 3.46. The average molecular weight is 426 g/mol. The van der Waals surface area contributed by atoms with Crippen LogP contribution in [0.1, 0.15) is 18.9 Å². The number of urea groups is 1. The lowest BCUT2D eigenvalue weighted by atomic mass is 9.87. The first-order valence-corrected chi connectivity index (χ1v) is 9.76. The quantitative estimate of drug-likeness (QED) is 0.663. The van der Waals surface area contributed by atoms with Crippen molar-refractivity contribution >= 4 is 29.4 Å². The van der Waals surface area contributed by atoms with E-state index in [1.54, 1.807) is 37.3 Å². The summed E-state index contributed by atoms with van der Waals surface area (Å²) in [6.45, 7) is 0.957. The monoisotopic (exact) mass is 426 g/mol. The molecule has 0 bridgehead atoms. The molecule has 31 heavy (non-hydrogen) atoms. The van der Waals surface area contributed by atoms with Crippen LogP contribution in [-0.4, -0.2) is 53.7 Å². The van der Waals surface area contributed by atoms with E-state index in [1.165, 1.54) is 25.2 Å². The Bertz CT molecular complexity index is 1010. The predicted molar refractivity (Wildman–Crippen MR) is 111 cm³/mol. The number of nitrogens with zero attached hydrogens (tertiary/aromatic N) is 2. The van der Waals surface area contributed by atoms with E-state index in [0.29, 0.717) is 12.0 Å². The third-order valence-corrected chi connectivity index (χ3v) is 5.18. The number of imide groups is 1. The molecule has 2 N–H and O–H groups in total. The van der Waals surface area contributed by atoms with Gasteiger partial charge in [-0.2, -0.15) is 0 Å². The number of amides is 5. The van der Waals surface area contributed by atoms with Crippen molar-refractivity contribution in [3.05, 3.63) is 66.0 Å². The summed E-state index contributed by atoms with van der Waals surface area (Å²) in [7, 11) is 1.39. The van der Waals surface area contributed by atoms with Gasteiger partial charge in [-0.15, -0.1) is 0 Å². The first-order valence-electron chi connectivity index (χ1n) is 9.76. The lowest BCUT2D eigenvalue weighted by molar-refractivity contribution is -0.139. The minimum absolute atomic E-state index is 0.260. The highest BCUT2D eigenvalue weighted by Gasteiger charge is 2.51. The van der Waals surface area contributed by atoms with Gasteiger partial charge in [-0.05, 0) is 30.2 Å². The molecule has 162 valence electrons. The largest absolute Gasteiger partial charge is 0.335 e. The Morgan fingerprint density at radius 3 is 2.48 bits per heavy atom. The topological polar surface area (TPSA) is 98.8 Å². The van der Waals surface area contributed by atoms with E-state index < -0.39 is 41.7 Å². The molecule has 8 nitrogen and oxygen atoms in total. The zero-order chi connectivity index (χ0) is 22.6. The smallest absolute Gasteiger partial charge is 0.325 e. The van der Waals surface area contributed by atoms with E-state index in [9.17, 15) is 23.6 Å². The number of carbonyl (C=O) groups is 4.